The Kier molecular flexibility index (Phi) is 3.98. The van der Waals surface area contributed by atoms with Gasteiger partial charge in [-0.25, -0.2) is 0 Å². The molecular formula is C19H23NO. The molecule has 1 heterocycles. The minimum atomic E-state index is -0.368. The second kappa shape index (κ2) is 5.90. The maximum Gasteiger partial charge on any atom is 0.0790 e. The first-order valence-corrected chi connectivity index (χ1v) is 7.96. The van der Waals surface area contributed by atoms with Crippen LogP contribution in [0.15, 0.2) is 36.4 Å². The number of H-pyrrole nitrogens is 1. The standard InChI is InChI=1S/C19H23NO/c1-3-5-8-15-14(18(21)4-2)11-12-16-13-9-6-7-10-17(13)20-19(15)16/h6-7,9-12,18,20-21H,3-5,8H2,1-2H3. The lowest BCUT2D eigenvalue weighted by molar-refractivity contribution is 0.172. The topological polar surface area (TPSA) is 36.0 Å². The molecule has 0 fully saturated rings. The monoisotopic (exact) mass is 281 g/mol. The molecule has 2 aromatic carbocycles. The van der Waals surface area contributed by atoms with Gasteiger partial charge in [-0.15, -0.1) is 0 Å². The average molecular weight is 281 g/mol. The van der Waals surface area contributed by atoms with Crippen molar-refractivity contribution in [2.24, 2.45) is 0 Å². The number of para-hydroxylation sites is 1. The molecule has 2 nitrogen and oxygen atoms in total. The fourth-order valence-corrected chi connectivity index (χ4v) is 3.15. The maximum atomic E-state index is 10.3. The quantitative estimate of drug-likeness (QED) is 0.670. The fraction of sp³-hybridized carbons (Fsp3) is 0.368. The molecule has 0 aliphatic rings. The minimum absolute atomic E-state index is 0.368. The second-order valence-electron chi connectivity index (χ2n) is 5.75. The zero-order valence-corrected chi connectivity index (χ0v) is 12.8. The van der Waals surface area contributed by atoms with E-state index in [1.54, 1.807) is 0 Å². The van der Waals surface area contributed by atoms with E-state index in [0.717, 1.165) is 31.2 Å². The van der Waals surface area contributed by atoms with Gasteiger partial charge >= 0.3 is 0 Å². The van der Waals surface area contributed by atoms with Gasteiger partial charge in [0.1, 0.15) is 0 Å². The highest BCUT2D eigenvalue weighted by Gasteiger charge is 2.16. The van der Waals surface area contributed by atoms with Crippen LogP contribution in [0.5, 0.6) is 0 Å². The Bertz CT molecular complexity index is 757. The van der Waals surface area contributed by atoms with Crippen molar-refractivity contribution in [3.8, 4) is 0 Å². The van der Waals surface area contributed by atoms with Gasteiger partial charge in [-0.3, -0.25) is 0 Å². The summed E-state index contributed by atoms with van der Waals surface area (Å²) in [4.78, 5) is 3.56. The molecule has 2 heteroatoms. The van der Waals surface area contributed by atoms with Crippen molar-refractivity contribution in [3.63, 3.8) is 0 Å². The summed E-state index contributed by atoms with van der Waals surface area (Å²) in [5, 5.41) is 12.9. The summed E-state index contributed by atoms with van der Waals surface area (Å²) in [6, 6.07) is 12.7. The third-order valence-corrected chi connectivity index (χ3v) is 4.35. The van der Waals surface area contributed by atoms with Gasteiger partial charge in [0.15, 0.2) is 0 Å². The SMILES string of the molecule is CCCCc1c(C(O)CC)ccc2c1[nH]c1ccccc12. The van der Waals surface area contributed by atoms with Gasteiger partial charge in [-0.2, -0.15) is 0 Å². The lowest BCUT2D eigenvalue weighted by Gasteiger charge is -2.15. The van der Waals surface area contributed by atoms with Crippen molar-refractivity contribution in [2.45, 2.75) is 45.6 Å². The van der Waals surface area contributed by atoms with E-state index in [4.69, 9.17) is 0 Å². The van der Waals surface area contributed by atoms with Crippen LogP contribution in [-0.4, -0.2) is 10.1 Å². The summed E-state index contributed by atoms with van der Waals surface area (Å²) >= 11 is 0. The van der Waals surface area contributed by atoms with Crippen LogP contribution in [0.2, 0.25) is 0 Å². The number of hydrogen-bond acceptors (Lipinski definition) is 1. The van der Waals surface area contributed by atoms with Gasteiger partial charge in [0.25, 0.3) is 0 Å². The highest BCUT2D eigenvalue weighted by atomic mass is 16.3. The molecule has 2 N–H and O–H groups in total. The number of benzene rings is 2. The van der Waals surface area contributed by atoms with Crippen molar-refractivity contribution in [1.82, 2.24) is 4.98 Å². The number of aromatic amines is 1. The third kappa shape index (κ3) is 2.44. The lowest BCUT2D eigenvalue weighted by atomic mass is 9.94. The summed E-state index contributed by atoms with van der Waals surface area (Å²) in [6.45, 7) is 4.24. The van der Waals surface area contributed by atoms with Gasteiger partial charge in [0.2, 0.25) is 0 Å². The van der Waals surface area contributed by atoms with Crippen LogP contribution in [-0.2, 0) is 6.42 Å². The van der Waals surface area contributed by atoms with E-state index in [1.165, 1.54) is 27.4 Å². The number of aromatic nitrogens is 1. The number of nitrogens with one attached hydrogen (secondary N) is 1. The number of unbranched alkanes of at least 4 members (excludes halogenated alkanes) is 1. The van der Waals surface area contributed by atoms with Crippen LogP contribution >= 0.6 is 0 Å². The molecule has 1 unspecified atom stereocenters. The molecule has 0 radical (unpaired) electrons. The number of rotatable bonds is 5. The first kappa shape index (κ1) is 14.2. The Labute approximate surface area is 125 Å². The van der Waals surface area contributed by atoms with Crippen molar-refractivity contribution in [2.75, 3.05) is 0 Å². The van der Waals surface area contributed by atoms with Crippen molar-refractivity contribution < 1.29 is 5.11 Å². The van der Waals surface area contributed by atoms with E-state index in [1.807, 2.05) is 6.92 Å². The third-order valence-electron chi connectivity index (χ3n) is 4.35. The first-order chi connectivity index (χ1) is 10.3. The molecule has 3 rings (SSSR count). The van der Waals surface area contributed by atoms with Gasteiger partial charge in [-0.05, 0) is 36.5 Å². The Balaban J connectivity index is 2.26. The highest BCUT2D eigenvalue weighted by Crippen LogP contribution is 2.33. The number of aryl methyl sites for hydroxylation is 1. The Hall–Kier alpha value is -1.80. The molecule has 0 aliphatic heterocycles. The van der Waals surface area contributed by atoms with Crippen LogP contribution in [0.3, 0.4) is 0 Å². The summed E-state index contributed by atoms with van der Waals surface area (Å²) in [7, 11) is 0. The van der Waals surface area contributed by atoms with Crippen LogP contribution in [0.4, 0.5) is 0 Å². The van der Waals surface area contributed by atoms with Crippen LogP contribution < -0.4 is 0 Å². The predicted molar refractivity (Wildman–Crippen MR) is 89.7 cm³/mol. The number of hydrogen-bond donors (Lipinski definition) is 2. The molecule has 21 heavy (non-hydrogen) atoms. The summed E-state index contributed by atoms with van der Waals surface area (Å²) < 4.78 is 0. The van der Waals surface area contributed by atoms with E-state index < -0.39 is 0 Å². The molecular weight excluding hydrogens is 258 g/mol. The minimum Gasteiger partial charge on any atom is -0.388 e. The van der Waals surface area contributed by atoms with E-state index >= 15 is 0 Å². The summed E-state index contributed by atoms with van der Waals surface area (Å²) in [5.74, 6) is 0. The second-order valence-corrected chi connectivity index (χ2v) is 5.75. The molecule has 1 aromatic heterocycles. The molecule has 0 spiro atoms. The largest absolute Gasteiger partial charge is 0.388 e. The summed E-state index contributed by atoms with van der Waals surface area (Å²) in [6.07, 6.45) is 3.72. The normalized spacial score (nSPS) is 13.1. The van der Waals surface area contributed by atoms with Gasteiger partial charge in [0.05, 0.1) is 11.6 Å². The number of aliphatic hydroxyl groups excluding tert-OH is 1. The Morgan fingerprint density at radius 1 is 1.05 bits per heavy atom. The molecule has 3 aromatic rings. The maximum absolute atomic E-state index is 10.3. The Morgan fingerprint density at radius 2 is 1.86 bits per heavy atom. The molecule has 0 amide bonds. The van der Waals surface area contributed by atoms with Gasteiger partial charge in [-0.1, -0.05) is 50.6 Å². The fourth-order valence-electron chi connectivity index (χ4n) is 3.15. The van der Waals surface area contributed by atoms with E-state index in [0.29, 0.717) is 0 Å². The highest BCUT2D eigenvalue weighted by molar-refractivity contribution is 6.08. The first-order valence-electron chi connectivity index (χ1n) is 7.96. The van der Waals surface area contributed by atoms with Crippen LogP contribution in [0, 0.1) is 0 Å². The zero-order valence-electron chi connectivity index (χ0n) is 12.8. The lowest BCUT2D eigenvalue weighted by Crippen LogP contribution is -2.02. The molecule has 0 saturated heterocycles. The van der Waals surface area contributed by atoms with Crippen molar-refractivity contribution >= 4 is 21.8 Å². The van der Waals surface area contributed by atoms with Crippen molar-refractivity contribution in [3.05, 3.63) is 47.5 Å². The predicted octanol–water partition coefficient (Wildman–Crippen LogP) is 5.11. The van der Waals surface area contributed by atoms with Gasteiger partial charge in [0, 0.05) is 16.3 Å². The van der Waals surface area contributed by atoms with Crippen LogP contribution in [0.25, 0.3) is 21.8 Å². The summed E-state index contributed by atoms with van der Waals surface area (Å²) in [5.41, 5.74) is 4.76. The van der Waals surface area contributed by atoms with E-state index in [9.17, 15) is 5.11 Å². The Morgan fingerprint density at radius 3 is 2.62 bits per heavy atom. The smallest absolute Gasteiger partial charge is 0.0790 e. The molecule has 0 saturated carbocycles. The molecule has 1 atom stereocenters. The number of aliphatic hydroxyl groups is 1. The average Bonchev–Trinajstić information content (AvgIpc) is 2.90. The van der Waals surface area contributed by atoms with Crippen molar-refractivity contribution in [1.29, 1.82) is 0 Å². The van der Waals surface area contributed by atoms with E-state index in [-0.39, 0.29) is 6.10 Å². The van der Waals surface area contributed by atoms with E-state index in [2.05, 4.69) is 48.3 Å². The molecule has 0 aliphatic carbocycles. The number of fused-ring (bicyclic) bond motifs is 3. The molecule has 110 valence electrons. The zero-order chi connectivity index (χ0) is 14.8. The van der Waals surface area contributed by atoms with Gasteiger partial charge < -0.3 is 10.1 Å². The van der Waals surface area contributed by atoms with Crippen LogP contribution in [0.1, 0.15) is 50.3 Å². The molecule has 0 bridgehead atoms.